The Hall–Kier alpha value is -0.870. The van der Waals surface area contributed by atoms with Crippen LogP contribution < -0.4 is 0 Å². The first-order valence-electron chi connectivity index (χ1n) is 4.24. The van der Waals surface area contributed by atoms with Crippen LogP contribution in [0.25, 0.3) is 0 Å². The van der Waals surface area contributed by atoms with Crippen LogP contribution in [0.5, 0.6) is 0 Å². The lowest BCUT2D eigenvalue weighted by molar-refractivity contribution is 0.0526. The molecule has 1 N–H and O–H groups in total. The maximum atomic E-state index is 11.3. The highest BCUT2D eigenvalue weighted by molar-refractivity contribution is 9.10. The van der Waals surface area contributed by atoms with E-state index < -0.39 is 0 Å². The van der Waals surface area contributed by atoms with Gasteiger partial charge in [0.15, 0.2) is 0 Å². The van der Waals surface area contributed by atoms with Gasteiger partial charge in [-0.1, -0.05) is 15.9 Å². The number of ether oxygens (including phenoxy) is 1. The number of hydrogen-bond acceptors (Lipinski definition) is 3. The van der Waals surface area contributed by atoms with E-state index in [9.17, 15) is 4.79 Å². The van der Waals surface area contributed by atoms with Crippen molar-refractivity contribution in [2.24, 2.45) is 0 Å². The van der Waals surface area contributed by atoms with E-state index >= 15 is 0 Å². The first-order valence-corrected chi connectivity index (χ1v) is 5.04. The molecule has 1 rings (SSSR count). The smallest absolute Gasteiger partial charge is 0.338 e. The van der Waals surface area contributed by atoms with Crippen LogP contribution in [0.1, 0.15) is 22.8 Å². The lowest BCUT2D eigenvalue weighted by atomic mass is 10.1. The number of hydrogen-bond donors (Lipinski definition) is 1. The average Bonchev–Trinajstić information content (AvgIpc) is 2.17. The summed E-state index contributed by atoms with van der Waals surface area (Å²) in [7, 11) is 0. The van der Waals surface area contributed by atoms with Crippen molar-refractivity contribution in [3.8, 4) is 0 Å². The second-order valence-electron chi connectivity index (χ2n) is 2.73. The predicted molar refractivity (Wildman–Crippen MR) is 56.0 cm³/mol. The highest BCUT2D eigenvalue weighted by Gasteiger charge is 2.08. The zero-order valence-electron chi connectivity index (χ0n) is 7.79. The molecule has 76 valence electrons. The van der Waals surface area contributed by atoms with Crippen LogP contribution in [-0.4, -0.2) is 17.7 Å². The molecule has 4 heteroatoms. The molecule has 0 aliphatic carbocycles. The van der Waals surface area contributed by atoms with Crippen LogP contribution in [0.4, 0.5) is 0 Å². The molecule has 0 radical (unpaired) electrons. The lowest BCUT2D eigenvalue weighted by Gasteiger charge is -2.04. The van der Waals surface area contributed by atoms with Gasteiger partial charge in [-0.15, -0.1) is 0 Å². The highest BCUT2D eigenvalue weighted by atomic mass is 79.9. The van der Waals surface area contributed by atoms with Gasteiger partial charge in [0.1, 0.15) is 0 Å². The molecule has 0 saturated carbocycles. The molecule has 0 saturated heterocycles. The van der Waals surface area contributed by atoms with Crippen molar-refractivity contribution >= 4 is 21.9 Å². The van der Waals surface area contributed by atoms with Crippen LogP contribution in [-0.2, 0) is 11.3 Å². The summed E-state index contributed by atoms with van der Waals surface area (Å²) in [5, 5.41) is 8.93. The van der Waals surface area contributed by atoms with E-state index in [1.54, 1.807) is 25.1 Å². The van der Waals surface area contributed by atoms with Gasteiger partial charge < -0.3 is 9.84 Å². The minimum Gasteiger partial charge on any atom is -0.462 e. The molecule has 0 aliphatic rings. The van der Waals surface area contributed by atoms with E-state index in [2.05, 4.69) is 15.9 Å². The van der Waals surface area contributed by atoms with Gasteiger partial charge in [-0.3, -0.25) is 0 Å². The largest absolute Gasteiger partial charge is 0.462 e. The Bertz CT molecular complexity index is 336. The van der Waals surface area contributed by atoms with E-state index in [-0.39, 0.29) is 12.6 Å². The van der Waals surface area contributed by atoms with Gasteiger partial charge >= 0.3 is 5.97 Å². The molecule has 1 aromatic carbocycles. The Morgan fingerprint density at radius 3 is 2.79 bits per heavy atom. The molecular weight excluding hydrogens is 248 g/mol. The Morgan fingerprint density at radius 1 is 1.50 bits per heavy atom. The second kappa shape index (κ2) is 5.12. The molecule has 0 aromatic heterocycles. The van der Waals surface area contributed by atoms with Crippen molar-refractivity contribution < 1.29 is 14.6 Å². The summed E-state index contributed by atoms with van der Waals surface area (Å²) in [6.07, 6.45) is 0. The highest BCUT2D eigenvalue weighted by Crippen LogP contribution is 2.16. The SMILES string of the molecule is CCOC(=O)c1cc(Br)cc(CO)c1. The Kier molecular flexibility index (Phi) is 4.10. The van der Waals surface area contributed by atoms with Crippen LogP contribution in [0.15, 0.2) is 22.7 Å². The maximum absolute atomic E-state index is 11.3. The predicted octanol–water partition coefficient (Wildman–Crippen LogP) is 2.12. The van der Waals surface area contributed by atoms with Gasteiger partial charge in [0, 0.05) is 4.47 Å². The molecule has 14 heavy (non-hydrogen) atoms. The number of carbonyl (C=O) groups excluding carboxylic acids is 1. The Morgan fingerprint density at radius 2 is 2.21 bits per heavy atom. The number of aliphatic hydroxyl groups is 1. The summed E-state index contributed by atoms with van der Waals surface area (Å²) >= 11 is 3.25. The van der Waals surface area contributed by atoms with Crippen molar-refractivity contribution in [2.75, 3.05) is 6.61 Å². The number of benzene rings is 1. The van der Waals surface area contributed by atoms with Crippen molar-refractivity contribution in [2.45, 2.75) is 13.5 Å². The van der Waals surface area contributed by atoms with Crippen LogP contribution in [0.3, 0.4) is 0 Å². The van der Waals surface area contributed by atoms with Crippen LogP contribution >= 0.6 is 15.9 Å². The number of esters is 1. The van der Waals surface area contributed by atoms with Crippen LogP contribution in [0, 0.1) is 0 Å². The van der Waals surface area contributed by atoms with E-state index in [0.29, 0.717) is 17.7 Å². The number of aliphatic hydroxyl groups excluding tert-OH is 1. The zero-order chi connectivity index (χ0) is 10.6. The third-order valence-electron chi connectivity index (χ3n) is 1.65. The molecule has 0 atom stereocenters. The van der Waals surface area contributed by atoms with Crippen molar-refractivity contribution in [1.82, 2.24) is 0 Å². The van der Waals surface area contributed by atoms with Gasteiger partial charge in [-0.25, -0.2) is 4.79 Å². The number of halogens is 1. The molecular formula is C10H11BrO3. The van der Waals surface area contributed by atoms with Crippen molar-refractivity contribution in [3.05, 3.63) is 33.8 Å². The number of rotatable bonds is 3. The summed E-state index contributed by atoms with van der Waals surface area (Å²) in [6, 6.07) is 5.03. The topological polar surface area (TPSA) is 46.5 Å². The molecule has 0 fully saturated rings. The average molecular weight is 259 g/mol. The second-order valence-corrected chi connectivity index (χ2v) is 3.64. The van der Waals surface area contributed by atoms with Gasteiger partial charge in [-0.2, -0.15) is 0 Å². The van der Waals surface area contributed by atoms with E-state index in [1.807, 2.05) is 0 Å². The fourth-order valence-corrected chi connectivity index (χ4v) is 1.61. The zero-order valence-corrected chi connectivity index (χ0v) is 9.37. The third kappa shape index (κ3) is 2.82. The summed E-state index contributed by atoms with van der Waals surface area (Å²) in [5.74, 6) is -0.372. The first kappa shape index (κ1) is 11.2. The minimum absolute atomic E-state index is 0.0914. The van der Waals surface area contributed by atoms with Gasteiger partial charge in [-0.05, 0) is 30.7 Å². The third-order valence-corrected chi connectivity index (χ3v) is 2.11. The van der Waals surface area contributed by atoms with E-state index in [1.165, 1.54) is 0 Å². The van der Waals surface area contributed by atoms with E-state index in [0.717, 1.165) is 4.47 Å². The van der Waals surface area contributed by atoms with E-state index in [4.69, 9.17) is 9.84 Å². The fourth-order valence-electron chi connectivity index (χ4n) is 1.07. The number of carbonyl (C=O) groups is 1. The first-order chi connectivity index (χ1) is 6.67. The van der Waals surface area contributed by atoms with Crippen molar-refractivity contribution in [1.29, 1.82) is 0 Å². The summed E-state index contributed by atoms with van der Waals surface area (Å²) in [5.41, 5.74) is 1.13. The maximum Gasteiger partial charge on any atom is 0.338 e. The molecule has 0 amide bonds. The van der Waals surface area contributed by atoms with Crippen molar-refractivity contribution in [3.63, 3.8) is 0 Å². The van der Waals surface area contributed by atoms with Gasteiger partial charge in [0.05, 0.1) is 18.8 Å². The molecule has 3 nitrogen and oxygen atoms in total. The Balaban J connectivity index is 2.96. The molecule has 1 aromatic rings. The summed E-state index contributed by atoms with van der Waals surface area (Å²) in [4.78, 5) is 11.3. The summed E-state index contributed by atoms with van der Waals surface area (Å²) < 4.78 is 5.60. The fraction of sp³-hybridized carbons (Fsp3) is 0.300. The molecule has 0 aliphatic heterocycles. The van der Waals surface area contributed by atoms with Gasteiger partial charge in [0.2, 0.25) is 0 Å². The minimum atomic E-state index is -0.372. The normalized spacial score (nSPS) is 9.93. The molecule has 0 unspecified atom stereocenters. The molecule has 0 spiro atoms. The summed E-state index contributed by atoms with van der Waals surface area (Å²) in [6.45, 7) is 2.01. The van der Waals surface area contributed by atoms with Crippen LogP contribution in [0.2, 0.25) is 0 Å². The monoisotopic (exact) mass is 258 g/mol. The standard InChI is InChI=1S/C10H11BrO3/c1-2-14-10(13)8-3-7(6-12)4-9(11)5-8/h3-5,12H,2,6H2,1H3. The molecule has 0 bridgehead atoms. The Labute approximate surface area is 90.8 Å². The quantitative estimate of drug-likeness (QED) is 0.846. The molecule has 0 heterocycles. The lowest BCUT2D eigenvalue weighted by Crippen LogP contribution is -2.05. The van der Waals surface area contributed by atoms with Gasteiger partial charge in [0.25, 0.3) is 0 Å².